The summed E-state index contributed by atoms with van der Waals surface area (Å²) in [5, 5.41) is 7.15. The topological polar surface area (TPSA) is 87.3 Å². The van der Waals surface area contributed by atoms with Crippen molar-refractivity contribution in [2.45, 2.75) is 31.0 Å². The van der Waals surface area contributed by atoms with Gasteiger partial charge in [0.15, 0.2) is 5.82 Å². The van der Waals surface area contributed by atoms with Crippen LogP contribution in [0.5, 0.6) is 0 Å². The van der Waals surface area contributed by atoms with E-state index in [2.05, 4.69) is 16.0 Å². The number of rotatable bonds is 7. The van der Waals surface area contributed by atoms with Crippen molar-refractivity contribution in [1.82, 2.24) is 0 Å². The molecule has 0 saturated heterocycles. The summed E-state index contributed by atoms with van der Waals surface area (Å²) in [6, 6.07) is 6.10. The summed E-state index contributed by atoms with van der Waals surface area (Å²) in [7, 11) is 0. The van der Waals surface area contributed by atoms with E-state index in [4.69, 9.17) is 34.8 Å². The van der Waals surface area contributed by atoms with Crippen LogP contribution in [0.15, 0.2) is 30.3 Å². The van der Waals surface area contributed by atoms with Crippen LogP contribution in [0.1, 0.15) is 37.0 Å². The molecule has 1 aliphatic carbocycles. The van der Waals surface area contributed by atoms with E-state index in [0.717, 1.165) is 12.1 Å². The van der Waals surface area contributed by atoms with Crippen LogP contribution < -0.4 is 16.0 Å². The SMILES string of the molecule is CCC(C)C(=O)Nc1c(F)ccc(NC(=O)c2cc(NC(=O)C3CC3(Cl)Cl)ccc2Cl)c1F. The van der Waals surface area contributed by atoms with Crippen LogP contribution in [-0.2, 0) is 9.59 Å². The van der Waals surface area contributed by atoms with Crippen molar-refractivity contribution < 1.29 is 23.2 Å². The Hall–Kier alpha value is -2.42. The molecule has 2 aromatic carbocycles. The Kier molecular flexibility index (Phi) is 7.51. The second-order valence-corrected chi connectivity index (χ2v) is 9.69. The van der Waals surface area contributed by atoms with E-state index >= 15 is 0 Å². The highest BCUT2D eigenvalue weighted by Gasteiger charge is 2.56. The van der Waals surface area contributed by atoms with Crippen LogP contribution in [0.2, 0.25) is 5.02 Å². The summed E-state index contributed by atoms with van der Waals surface area (Å²) in [5.74, 6) is -4.95. The smallest absolute Gasteiger partial charge is 0.257 e. The quantitative estimate of drug-likeness (QED) is 0.394. The van der Waals surface area contributed by atoms with Crippen LogP contribution in [0.3, 0.4) is 0 Å². The van der Waals surface area contributed by atoms with Crippen molar-refractivity contribution in [3.05, 3.63) is 52.6 Å². The minimum atomic E-state index is -1.14. The lowest BCUT2D eigenvalue weighted by molar-refractivity contribution is -0.119. The maximum atomic E-state index is 14.9. The molecule has 0 aliphatic heterocycles. The van der Waals surface area contributed by atoms with Crippen LogP contribution in [0.25, 0.3) is 0 Å². The van der Waals surface area contributed by atoms with Gasteiger partial charge in [-0.15, -0.1) is 23.2 Å². The molecule has 2 atom stereocenters. The van der Waals surface area contributed by atoms with Crippen LogP contribution >= 0.6 is 34.8 Å². The van der Waals surface area contributed by atoms with Crippen molar-refractivity contribution >= 4 is 69.6 Å². The van der Waals surface area contributed by atoms with Gasteiger partial charge in [0.2, 0.25) is 11.8 Å². The second-order valence-electron chi connectivity index (χ2n) is 7.74. The number of anilines is 3. The number of hydrogen-bond donors (Lipinski definition) is 3. The molecule has 2 aromatic rings. The molecule has 3 N–H and O–H groups in total. The van der Waals surface area contributed by atoms with Crippen LogP contribution in [-0.4, -0.2) is 22.1 Å². The first-order chi connectivity index (χ1) is 15.4. The van der Waals surface area contributed by atoms with Crippen molar-refractivity contribution in [3.63, 3.8) is 0 Å². The van der Waals surface area contributed by atoms with Gasteiger partial charge in [-0.1, -0.05) is 25.4 Å². The number of halogens is 5. The maximum absolute atomic E-state index is 14.9. The second kappa shape index (κ2) is 9.83. The van der Waals surface area contributed by atoms with Gasteiger partial charge < -0.3 is 16.0 Å². The van der Waals surface area contributed by atoms with E-state index in [1.165, 1.54) is 18.2 Å². The summed E-state index contributed by atoms with van der Waals surface area (Å²) in [4.78, 5) is 37.0. The van der Waals surface area contributed by atoms with E-state index in [0.29, 0.717) is 12.8 Å². The molecule has 1 fully saturated rings. The highest BCUT2D eigenvalue weighted by atomic mass is 35.5. The molecule has 1 aliphatic rings. The van der Waals surface area contributed by atoms with Gasteiger partial charge in [0, 0.05) is 11.6 Å². The molecule has 0 aromatic heterocycles. The summed E-state index contributed by atoms with van der Waals surface area (Å²) in [5.41, 5.74) is -0.840. The van der Waals surface area contributed by atoms with Gasteiger partial charge >= 0.3 is 0 Å². The molecule has 1 saturated carbocycles. The van der Waals surface area contributed by atoms with Crippen molar-refractivity contribution in [3.8, 4) is 0 Å². The normalized spacial score (nSPS) is 17.1. The van der Waals surface area contributed by atoms with Gasteiger partial charge in [0.1, 0.15) is 15.8 Å². The van der Waals surface area contributed by atoms with E-state index in [9.17, 15) is 23.2 Å². The third-order valence-corrected chi connectivity index (χ3v) is 6.43. The zero-order chi connectivity index (χ0) is 24.5. The molecule has 0 bridgehead atoms. The number of carbonyl (C=O) groups is 3. The first-order valence-corrected chi connectivity index (χ1v) is 11.2. The number of hydrogen-bond acceptors (Lipinski definition) is 3. The van der Waals surface area contributed by atoms with Crippen molar-refractivity contribution in [2.24, 2.45) is 11.8 Å². The lowest BCUT2D eigenvalue weighted by Gasteiger charge is -2.15. The third-order valence-electron chi connectivity index (χ3n) is 5.27. The van der Waals surface area contributed by atoms with E-state index in [-0.39, 0.29) is 22.0 Å². The molecule has 6 nitrogen and oxygen atoms in total. The third kappa shape index (κ3) is 5.75. The van der Waals surface area contributed by atoms with Gasteiger partial charge in [0.05, 0.1) is 22.2 Å². The highest BCUT2D eigenvalue weighted by molar-refractivity contribution is 6.52. The molecule has 0 radical (unpaired) electrons. The molecule has 176 valence electrons. The summed E-state index contributed by atoms with van der Waals surface area (Å²) in [6.45, 7) is 3.38. The fourth-order valence-electron chi connectivity index (χ4n) is 2.89. The Bertz CT molecular complexity index is 1130. The van der Waals surface area contributed by atoms with Crippen molar-refractivity contribution in [2.75, 3.05) is 16.0 Å². The lowest BCUT2D eigenvalue weighted by atomic mass is 10.1. The Morgan fingerprint density at radius 2 is 1.79 bits per heavy atom. The minimum absolute atomic E-state index is 0.0359. The molecule has 33 heavy (non-hydrogen) atoms. The Labute approximate surface area is 204 Å². The first kappa shape index (κ1) is 25.2. The minimum Gasteiger partial charge on any atom is -0.326 e. The van der Waals surface area contributed by atoms with E-state index < -0.39 is 51.2 Å². The first-order valence-electron chi connectivity index (χ1n) is 10.0. The zero-order valence-corrected chi connectivity index (χ0v) is 19.8. The monoisotopic (exact) mass is 517 g/mol. The Morgan fingerprint density at radius 1 is 1.12 bits per heavy atom. The fraction of sp³-hybridized carbons (Fsp3) is 0.318. The number of amides is 3. The molecule has 0 spiro atoms. The number of benzene rings is 2. The van der Waals surface area contributed by atoms with Gasteiger partial charge in [-0.3, -0.25) is 14.4 Å². The van der Waals surface area contributed by atoms with Gasteiger partial charge in [-0.2, -0.15) is 0 Å². The average Bonchev–Trinajstić information content (AvgIpc) is 3.41. The molecule has 0 heterocycles. The van der Waals surface area contributed by atoms with E-state index in [1.807, 2.05) is 0 Å². The molecule has 3 amide bonds. The molecule has 3 rings (SSSR count). The van der Waals surface area contributed by atoms with Gasteiger partial charge in [-0.25, -0.2) is 8.78 Å². The average molecular weight is 519 g/mol. The standard InChI is InChI=1S/C22H20Cl3F2N3O3/c1-3-10(2)19(31)30-18-15(26)6-7-16(17(18)27)29-20(32)12-8-11(4-5-14(12)23)28-21(33)13-9-22(13,24)25/h4-8,10,13H,3,9H2,1-2H3,(H,28,33)(H,29,32)(H,30,31). The Balaban J connectivity index is 1.79. The highest BCUT2D eigenvalue weighted by Crippen LogP contribution is 2.53. The predicted molar refractivity (Wildman–Crippen MR) is 125 cm³/mol. The summed E-state index contributed by atoms with van der Waals surface area (Å²) in [6.07, 6.45) is 0.789. The van der Waals surface area contributed by atoms with Crippen LogP contribution in [0, 0.1) is 23.5 Å². The summed E-state index contributed by atoms with van der Waals surface area (Å²) >= 11 is 17.9. The number of alkyl halides is 2. The van der Waals surface area contributed by atoms with Crippen molar-refractivity contribution in [1.29, 1.82) is 0 Å². The molecular weight excluding hydrogens is 499 g/mol. The predicted octanol–water partition coefficient (Wildman–Crippen LogP) is 5.99. The molecule has 2 unspecified atom stereocenters. The van der Waals surface area contributed by atoms with Gasteiger partial charge in [-0.05, 0) is 43.2 Å². The van der Waals surface area contributed by atoms with Crippen LogP contribution in [0.4, 0.5) is 25.8 Å². The number of carbonyl (C=O) groups excluding carboxylic acids is 3. The molecule has 11 heteroatoms. The Morgan fingerprint density at radius 3 is 2.39 bits per heavy atom. The number of nitrogens with one attached hydrogen (secondary N) is 3. The largest absolute Gasteiger partial charge is 0.326 e. The fourth-order valence-corrected chi connectivity index (χ4v) is 3.60. The maximum Gasteiger partial charge on any atom is 0.257 e. The lowest BCUT2D eigenvalue weighted by Crippen LogP contribution is -2.22. The van der Waals surface area contributed by atoms with Gasteiger partial charge in [0.25, 0.3) is 5.91 Å². The molecular formula is C22H20Cl3F2N3O3. The summed E-state index contributed by atoms with van der Waals surface area (Å²) < 4.78 is 27.9. The van der Waals surface area contributed by atoms with E-state index in [1.54, 1.807) is 13.8 Å². The zero-order valence-electron chi connectivity index (χ0n) is 17.6.